The molecule has 0 radical (unpaired) electrons. The highest BCUT2D eigenvalue weighted by Gasteiger charge is 2.39. The highest BCUT2D eigenvalue weighted by Crippen LogP contribution is 2.36. The Morgan fingerprint density at radius 3 is 2.68 bits per heavy atom. The molecule has 3 aromatic rings. The molecule has 128 valence electrons. The lowest BCUT2D eigenvalue weighted by molar-refractivity contribution is 0.0659. The average Bonchev–Trinajstić information content (AvgIpc) is 3.16. The summed E-state index contributed by atoms with van der Waals surface area (Å²) in [6.45, 7) is 0. The Kier molecular flexibility index (Phi) is 3.48. The molecule has 2 bridgehead atoms. The average molecular weight is 334 g/mol. The van der Waals surface area contributed by atoms with E-state index in [1.54, 1.807) is 0 Å². The fourth-order valence-electron chi connectivity index (χ4n) is 4.37. The number of nitrogens with zero attached hydrogens (tertiary/aromatic N) is 3. The SMILES string of the molecule is CN1C2CCC1CC(Oc1ccc(-c3ccc4[nH]ncc4c3)nc1)C2. The van der Waals surface area contributed by atoms with Crippen LogP contribution in [0.2, 0.25) is 0 Å². The molecule has 4 heterocycles. The van der Waals surface area contributed by atoms with Crippen LogP contribution in [0, 0.1) is 0 Å². The van der Waals surface area contributed by atoms with Crippen molar-refractivity contribution in [2.75, 3.05) is 7.05 Å². The van der Waals surface area contributed by atoms with E-state index in [-0.39, 0.29) is 0 Å². The molecule has 0 aliphatic carbocycles. The first-order valence-electron chi connectivity index (χ1n) is 9.04. The van der Waals surface area contributed by atoms with Crippen LogP contribution in [0.3, 0.4) is 0 Å². The topological polar surface area (TPSA) is 54.0 Å². The zero-order valence-corrected chi connectivity index (χ0v) is 14.4. The summed E-state index contributed by atoms with van der Waals surface area (Å²) in [5.41, 5.74) is 3.09. The first-order valence-corrected chi connectivity index (χ1v) is 9.04. The van der Waals surface area contributed by atoms with Crippen LogP contribution in [-0.4, -0.2) is 45.3 Å². The molecule has 2 unspecified atom stereocenters. The molecule has 5 heteroatoms. The van der Waals surface area contributed by atoms with Crippen molar-refractivity contribution in [2.45, 2.75) is 43.9 Å². The van der Waals surface area contributed by atoms with E-state index in [4.69, 9.17) is 4.74 Å². The molecular formula is C20H22N4O. The summed E-state index contributed by atoms with van der Waals surface area (Å²) in [6, 6.07) is 11.7. The second-order valence-electron chi connectivity index (χ2n) is 7.31. The number of ether oxygens (including phenoxy) is 1. The number of piperidine rings is 1. The minimum atomic E-state index is 0.323. The van der Waals surface area contributed by atoms with Gasteiger partial charge in [0.15, 0.2) is 0 Å². The van der Waals surface area contributed by atoms with Gasteiger partial charge in [0.05, 0.1) is 23.6 Å². The Bertz CT molecular complexity index is 874. The molecule has 2 aliphatic rings. The van der Waals surface area contributed by atoms with Gasteiger partial charge in [-0.3, -0.25) is 10.1 Å². The van der Waals surface area contributed by atoms with Gasteiger partial charge in [0.25, 0.3) is 0 Å². The number of rotatable bonds is 3. The van der Waals surface area contributed by atoms with Gasteiger partial charge in [-0.25, -0.2) is 0 Å². The van der Waals surface area contributed by atoms with E-state index in [1.165, 1.54) is 12.8 Å². The number of nitrogens with one attached hydrogen (secondary N) is 1. The molecular weight excluding hydrogens is 312 g/mol. The van der Waals surface area contributed by atoms with Crippen molar-refractivity contribution in [3.05, 3.63) is 42.7 Å². The molecule has 2 aliphatic heterocycles. The second kappa shape index (κ2) is 5.85. The monoisotopic (exact) mass is 334 g/mol. The van der Waals surface area contributed by atoms with E-state index in [0.717, 1.165) is 40.8 Å². The van der Waals surface area contributed by atoms with E-state index < -0.39 is 0 Å². The van der Waals surface area contributed by atoms with Crippen molar-refractivity contribution in [3.63, 3.8) is 0 Å². The number of hydrogen-bond donors (Lipinski definition) is 1. The predicted octanol–water partition coefficient (Wildman–Crippen LogP) is 3.63. The summed E-state index contributed by atoms with van der Waals surface area (Å²) >= 11 is 0. The van der Waals surface area contributed by atoms with Gasteiger partial charge in [0, 0.05) is 23.0 Å². The van der Waals surface area contributed by atoms with Crippen LogP contribution in [0.25, 0.3) is 22.2 Å². The fourth-order valence-corrected chi connectivity index (χ4v) is 4.37. The van der Waals surface area contributed by atoms with Gasteiger partial charge in [-0.05, 0) is 57.0 Å². The van der Waals surface area contributed by atoms with Crippen molar-refractivity contribution in [1.82, 2.24) is 20.1 Å². The van der Waals surface area contributed by atoms with Gasteiger partial charge >= 0.3 is 0 Å². The second-order valence-corrected chi connectivity index (χ2v) is 7.31. The number of benzene rings is 1. The minimum absolute atomic E-state index is 0.323. The van der Waals surface area contributed by atoms with Crippen LogP contribution in [0.1, 0.15) is 25.7 Å². The number of aromatic amines is 1. The van der Waals surface area contributed by atoms with Gasteiger partial charge in [0.2, 0.25) is 0 Å². The lowest BCUT2D eigenvalue weighted by atomic mass is 10.0. The quantitative estimate of drug-likeness (QED) is 0.795. The van der Waals surface area contributed by atoms with Crippen LogP contribution in [-0.2, 0) is 0 Å². The molecule has 0 spiro atoms. The van der Waals surface area contributed by atoms with Gasteiger partial charge in [-0.2, -0.15) is 5.10 Å². The maximum Gasteiger partial charge on any atom is 0.138 e. The van der Waals surface area contributed by atoms with Crippen LogP contribution in [0.15, 0.2) is 42.7 Å². The molecule has 0 amide bonds. The normalized spacial score (nSPS) is 26.2. The number of pyridine rings is 1. The molecule has 2 atom stereocenters. The molecule has 5 nitrogen and oxygen atoms in total. The number of fused-ring (bicyclic) bond motifs is 3. The molecule has 2 saturated heterocycles. The maximum atomic E-state index is 6.23. The fraction of sp³-hybridized carbons (Fsp3) is 0.400. The summed E-state index contributed by atoms with van der Waals surface area (Å²) in [7, 11) is 2.26. The molecule has 25 heavy (non-hydrogen) atoms. The number of H-pyrrole nitrogens is 1. The van der Waals surface area contributed by atoms with Gasteiger partial charge in [-0.15, -0.1) is 0 Å². The summed E-state index contributed by atoms with van der Waals surface area (Å²) in [5, 5.41) is 8.14. The van der Waals surface area contributed by atoms with E-state index in [2.05, 4.69) is 39.3 Å². The van der Waals surface area contributed by atoms with Crippen LogP contribution in [0.4, 0.5) is 0 Å². The molecule has 5 rings (SSSR count). The Morgan fingerprint density at radius 2 is 1.92 bits per heavy atom. The van der Waals surface area contributed by atoms with Crippen LogP contribution < -0.4 is 4.74 Å². The highest BCUT2D eigenvalue weighted by molar-refractivity contribution is 5.83. The van der Waals surface area contributed by atoms with Crippen molar-refractivity contribution < 1.29 is 4.74 Å². The van der Waals surface area contributed by atoms with Gasteiger partial charge in [0.1, 0.15) is 11.9 Å². The minimum Gasteiger partial charge on any atom is -0.489 e. The zero-order chi connectivity index (χ0) is 16.8. The van der Waals surface area contributed by atoms with Crippen molar-refractivity contribution in [1.29, 1.82) is 0 Å². The Morgan fingerprint density at radius 1 is 1.08 bits per heavy atom. The third-order valence-corrected chi connectivity index (χ3v) is 5.83. The Hall–Kier alpha value is -2.40. The summed E-state index contributed by atoms with van der Waals surface area (Å²) in [5.74, 6) is 0.877. The van der Waals surface area contributed by atoms with Crippen molar-refractivity contribution >= 4 is 10.9 Å². The van der Waals surface area contributed by atoms with Crippen LogP contribution >= 0.6 is 0 Å². The standard InChI is InChI=1S/C20H22N4O/c1-24-15-3-4-16(24)10-18(9-15)25-17-5-7-19(21-12-17)13-2-6-20-14(8-13)11-22-23-20/h2,5-8,11-12,15-16,18H,3-4,9-10H2,1H3,(H,22,23). The summed E-state index contributed by atoms with van der Waals surface area (Å²) in [4.78, 5) is 7.14. The summed E-state index contributed by atoms with van der Waals surface area (Å²) in [6.07, 6.45) is 8.91. The van der Waals surface area contributed by atoms with E-state index in [0.29, 0.717) is 18.2 Å². The summed E-state index contributed by atoms with van der Waals surface area (Å²) < 4.78 is 6.23. The first-order chi connectivity index (χ1) is 12.3. The molecule has 2 aromatic heterocycles. The number of aromatic nitrogens is 3. The third kappa shape index (κ3) is 2.68. The maximum absolute atomic E-state index is 6.23. The Balaban J connectivity index is 1.31. The van der Waals surface area contributed by atoms with Gasteiger partial charge in [-0.1, -0.05) is 6.07 Å². The smallest absolute Gasteiger partial charge is 0.138 e. The largest absolute Gasteiger partial charge is 0.489 e. The lowest BCUT2D eigenvalue weighted by Crippen LogP contribution is -2.43. The van der Waals surface area contributed by atoms with E-state index in [1.807, 2.05) is 30.6 Å². The Labute approximate surface area is 147 Å². The molecule has 1 aromatic carbocycles. The van der Waals surface area contributed by atoms with Crippen LogP contribution in [0.5, 0.6) is 5.75 Å². The zero-order valence-electron chi connectivity index (χ0n) is 14.4. The lowest BCUT2D eigenvalue weighted by Gasteiger charge is -2.36. The van der Waals surface area contributed by atoms with Crippen molar-refractivity contribution in [3.8, 4) is 17.0 Å². The molecule has 2 fully saturated rings. The molecule has 1 N–H and O–H groups in total. The first kappa shape index (κ1) is 14.9. The van der Waals surface area contributed by atoms with E-state index in [9.17, 15) is 0 Å². The third-order valence-electron chi connectivity index (χ3n) is 5.83. The van der Waals surface area contributed by atoms with Crippen molar-refractivity contribution in [2.24, 2.45) is 0 Å². The van der Waals surface area contributed by atoms with Gasteiger partial charge < -0.3 is 9.64 Å². The van der Waals surface area contributed by atoms with E-state index >= 15 is 0 Å². The predicted molar refractivity (Wildman–Crippen MR) is 97.5 cm³/mol. The molecule has 0 saturated carbocycles. The highest BCUT2D eigenvalue weighted by atomic mass is 16.5. The number of hydrogen-bond acceptors (Lipinski definition) is 4.